The molecule has 2 rings (SSSR count). The van der Waals surface area contributed by atoms with E-state index in [0.29, 0.717) is 0 Å². The van der Waals surface area contributed by atoms with Crippen molar-refractivity contribution in [2.45, 2.75) is 31.6 Å². The molecular formula is C15H18O2. The smallest absolute Gasteiger partial charge is 0.333 e. The van der Waals surface area contributed by atoms with Crippen molar-refractivity contribution in [2.24, 2.45) is 0 Å². The predicted molar refractivity (Wildman–Crippen MR) is 67.7 cm³/mol. The minimum atomic E-state index is -0.180. The summed E-state index contributed by atoms with van der Waals surface area (Å²) in [5.41, 5.74) is 2.32. The molecular weight excluding hydrogens is 212 g/mol. The van der Waals surface area contributed by atoms with Gasteiger partial charge in [0.1, 0.15) is 0 Å². The van der Waals surface area contributed by atoms with Crippen molar-refractivity contribution in [3.05, 3.63) is 47.5 Å². The van der Waals surface area contributed by atoms with Gasteiger partial charge in [0, 0.05) is 5.57 Å². The molecule has 2 heteroatoms. The van der Waals surface area contributed by atoms with E-state index in [9.17, 15) is 4.79 Å². The maximum atomic E-state index is 11.4. The number of carbonyl (C=O) groups excluding carboxylic acids is 1. The van der Waals surface area contributed by atoms with Crippen LogP contribution in [0, 0.1) is 0 Å². The summed E-state index contributed by atoms with van der Waals surface area (Å²) in [6.45, 7) is 2.26. The van der Waals surface area contributed by atoms with Crippen LogP contribution in [0.15, 0.2) is 42.0 Å². The van der Waals surface area contributed by atoms with Crippen LogP contribution in [0.5, 0.6) is 0 Å². The largest absolute Gasteiger partial charge is 0.466 e. The maximum Gasteiger partial charge on any atom is 0.333 e. The van der Waals surface area contributed by atoms with Crippen LogP contribution in [-0.4, -0.2) is 13.1 Å². The number of rotatable bonds is 2. The highest BCUT2D eigenvalue weighted by molar-refractivity contribution is 5.88. The number of methoxy groups -OCH3 is 1. The molecule has 1 aromatic rings. The van der Waals surface area contributed by atoms with Gasteiger partial charge in [-0.1, -0.05) is 43.3 Å². The molecule has 1 aliphatic carbocycles. The van der Waals surface area contributed by atoms with Gasteiger partial charge in [-0.2, -0.15) is 0 Å². The Morgan fingerprint density at radius 2 is 2.00 bits per heavy atom. The SMILES string of the molecule is COC(=O)C1=CC[C@](C)(c2ccccc2)CC1. The average Bonchev–Trinajstić information content (AvgIpc) is 2.40. The van der Waals surface area contributed by atoms with Gasteiger partial charge >= 0.3 is 5.97 Å². The number of allylic oxidation sites excluding steroid dienone is 1. The van der Waals surface area contributed by atoms with Gasteiger partial charge in [0.05, 0.1) is 7.11 Å². The van der Waals surface area contributed by atoms with E-state index in [1.54, 1.807) is 0 Å². The second-order valence-corrected chi connectivity index (χ2v) is 4.85. The van der Waals surface area contributed by atoms with Gasteiger partial charge in [-0.3, -0.25) is 0 Å². The highest BCUT2D eigenvalue weighted by atomic mass is 16.5. The highest BCUT2D eigenvalue weighted by Crippen LogP contribution is 2.38. The first-order chi connectivity index (χ1) is 8.15. The lowest BCUT2D eigenvalue weighted by Crippen LogP contribution is -2.25. The number of ether oxygens (including phenoxy) is 1. The van der Waals surface area contributed by atoms with Crippen LogP contribution in [0.1, 0.15) is 31.7 Å². The summed E-state index contributed by atoms with van der Waals surface area (Å²) in [6.07, 6.45) is 4.74. The van der Waals surface area contributed by atoms with Crippen LogP contribution in [0.4, 0.5) is 0 Å². The van der Waals surface area contributed by atoms with Crippen LogP contribution in [0.25, 0.3) is 0 Å². The van der Waals surface area contributed by atoms with Crippen LogP contribution >= 0.6 is 0 Å². The summed E-state index contributed by atoms with van der Waals surface area (Å²) in [7, 11) is 1.44. The minimum Gasteiger partial charge on any atom is -0.466 e. The summed E-state index contributed by atoms with van der Waals surface area (Å²) in [5, 5.41) is 0. The molecule has 1 atom stereocenters. The topological polar surface area (TPSA) is 26.3 Å². The fraction of sp³-hybridized carbons (Fsp3) is 0.400. The molecule has 1 aliphatic rings. The quantitative estimate of drug-likeness (QED) is 0.729. The predicted octanol–water partition coefficient (Wildman–Crippen LogP) is 3.23. The van der Waals surface area contributed by atoms with Crippen molar-refractivity contribution in [3.8, 4) is 0 Å². The van der Waals surface area contributed by atoms with E-state index in [2.05, 4.69) is 31.2 Å². The summed E-state index contributed by atoms with van der Waals surface area (Å²) < 4.78 is 4.76. The first kappa shape index (κ1) is 11.9. The maximum absolute atomic E-state index is 11.4. The molecule has 0 fully saturated rings. The normalized spacial score (nSPS) is 24.0. The van der Waals surface area contributed by atoms with Crippen molar-refractivity contribution >= 4 is 5.97 Å². The molecule has 0 amide bonds. The van der Waals surface area contributed by atoms with E-state index < -0.39 is 0 Å². The molecule has 0 spiro atoms. The highest BCUT2D eigenvalue weighted by Gasteiger charge is 2.30. The van der Waals surface area contributed by atoms with Gasteiger partial charge in [-0.15, -0.1) is 0 Å². The molecule has 0 heterocycles. The second-order valence-electron chi connectivity index (χ2n) is 4.85. The molecule has 0 N–H and O–H groups in total. The first-order valence-electron chi connectivity index (χ1n) is 5.98. The lowest BCUT2D eigenvalue weighted by atomic mass is 9.72. The van der Waals surface area contributed by atoms with Crippen LogP contribution in [-0.2, 0) is 14.9 Å². The molecule has 0 saturated carbocycles. The second kappa shape index (κ2) is 4.74. The zero-order valence-electron chi connectivity index (χ0n) is 10.4. The van der Waals surface area contributed by atoms with Crippen LogP contribution in [0.2, 0.25) is 0 Å². The number of hydrogen-bond donors (Lipinski definition) is 0. The molecule has 0 saturated heterocycles. The Morgan fingerprint density at radius 3 is 2.53 bits per heavy atom. The Morgan fingerprint density at radius 1 is 1.29 bits per heavy atom. The standard InChI is InChI=1S/C15H18O2/c1-15(13-6-4-3-5-7-13)10-8-12(9-11-15)14(16)17-2/h3-8H,9-11H2,1-2H3/t15-/m0/s1. The third-order valence-corrected chi connectivity index (χ3v) is 3.66. The Bertz CT molecular complexity index is 433. The minimum absolute atomic E-state index is 0.152. The zero-order chi connectivity index (χ0) is 12.3. The summed E-state index contributed by atoms with van der Waals surface area (Å²) in [5.74, 6) is -0.180. The van der Waals surface area contributed by atoms with Gasteiger partial charge in [0.25, 0.3) is 0 Å². The zero-order valence-corrected chi connectivity index (χ0v) is 10.4. The van der Waals surface area contributed by atoms with Crippen molar-refractivity contribution in [1.29, 1.82) is 0 Å². The molecule has 0 aliphatic heterocycles. The van der Waals surface area contributed by atoms with Crippen molar-refractivity contribution in [3.63, 3.8) is 0 Å². The fourth-order valence-electron chi connectivity index (χ4n) is 2.38. The first-order valence-corrected chi connectivity index (χ1v) is 5.98. The summed E-state index contributed by atoms with van der Waals surface area (Å²) in [6, 6.07) is 10.5. The van der Waals surface area contributed by atoms with E-state index in [-0.39, 0.29) is 11.4 Å². The fourth-order valence-corrected chi connectivity index (χ4v) is 2.38. The van der Waals surface area contributed by atoms with E-state index in [4.69, 9.17) is 4.74 Å². The van der Waals surface area contributed by atoms with Crippen LogP contribution < -0.4 is 0 Å². The van der Waals surface area contributed by atoms with E-state index in [1.165, 1.54) is 12.7 Å². The van der Waals surface area contributed by atoms with Crippen molar-refractivity contribution in [1.82, 2.24) is 0 Å². The monoisotopic (exact) mass is 230 g/mol. The van der Waals surface area contributed by atoms with Crippen molar-refractivity contribution < 1.29 is 9.53 Å². The Kier molecular flexibility index (Phi) is 3.32. The van der Waals surface area contributed by atoms with E-state index >= 15 is 0 Å². The van der Waals surface area contributed by atoms with Gasteiger partial charge in [0.2, 0.25) is 0 Å². The molecule has 1 aromatic carbocycles. The number of esters is 1. The number of carbonyl (C=O) groups is 1. The molecule has 0 aromatic heterocycles. The van der Waals surface area contributed by atoms with Gasteiger partial charge < -0.3 is 4.74 Å². The molecule has 17 heavy (non-hydrogen) atoms. The van der Waals surface area contributed by atoms with E-state index in [0.717, 1.165) is 24.8 Å². The summed E-state index contributed by atoms with van der Waals surface area (Å²) in [4.78, 5) is 11.4. The Balaban J connectivity index is 2.17. The average molecular weight is 230 g/mol. The Hall–Kier alpha value is -1.57. The van der Waals surface area contributed by atoms with Gasteiger partial charge in [-0.25, -0.2) is 4.79 Å². The molecule has 90 valence electrons. The van der Waals surface area contributed by atoms with Gasteiger partial charge in [0.15, 0.2) is 0 Å². The molecule has 2 nitrogen and oxygen atoms in total. The molecule has 0 bridgehead atoms. The number of benzene rings is 1. The molecule has 0 unspecified atom stereocenters. The van der Waals surface area contributed by atoms with Gasteiger partial charge in [-0.05, 0) is 30.2 Å². The third kappa shape index (κ3) is 2.41. The van der Waals surface area contributed by atoms with E-state index in [1.807, 2.05) is 12.1 Å². The van der Waals surface area contributed by atoms with Crippen molar-refractivity contribution in [2.75, 3.05) is 7.11 Å². The molecule has 0 radical (unpaired) electrons. The lowest BCUT2D eigenvalue weighted by Gasteiger charge is -2.32. The third-order valence-electron chi connectivity index (χ3n) is 3.66. The van der Waals surface area contributed by atoms with Crippen LogP contribution in [0.3, 0.4) is 0 Å². The number of hydrogen-bond acceptors (Lipinski definition) is 2. The Labute approximate surface area is 102 Å². The lowest BCUT2D eigenvalue weighted by molar-refractivity contribution is -0.136. The summed E-state index contributed by atoms with van der Waals surface area (Å²) >= 11 is 0.